The number of rotatable bonds is 0. The third-order valence-electron chi connectivity index (χ3n) is 5.20. The van der Waals surface area contributed by atoms with Gasteiger partial charge in [-0.3, -0.25) is 9.59 Å². The third-order valence-corrected chi connectivity index (χ3v) is 5.57. The Balaban J connectivity index is 2.04. The average molecular weight is 335 g/mol. The molecule has 0 spiro atoms. The second kappa shape index (κ2) is 4.95. The number of halogens is 1. The van der Waals surface area contributed by atoms with Gasteiger partial charge < -0.3 is 5.11 Å². The molecule has 4 rings (SSSR count). The Morgan fingerprint density at radius 3 is 2.17 bits per heavy atom. The van der Waals surface area contributed by atoms with E-state index >= 15 is 0 Å². The van der Waals surface area contributed by atoms with E-state index in [4.69, 9.17) is 11.6 Å². The summed E-state index contributed by atoms with van der Waals surface area (Å²) in [6.07, 6.45) is 3.29. The highest BCUT2D eigenvalue weighted by Crippen LogP contribution is 2.27. The Morgan fingerprint density at radius 1 is 1.09 bits per heavy atom. The lowest BCUT2D eigenvalue weighted by atomic mass is 9.90. The van der Waals surface area contributed by atoms with Crippen LogP contribution < -0.4 is 11.1 Å². The summed E-state index contributed by atoms with van der Waals surface area (Å²) in [5, 5.41) is 11.1. The second-order valence-electron chi connectivity index (χ2n) is 6.92. The fourth-order valence-corrected chi connectivity index (χ4v) is 3.91. The highest BCUT2D eigenvalue weighted by atomic mass is 35.5. The molecular weight excluding hydrogens is 316 g/mol. The predicted molar refractivity (Wildman–Crippen MR) is 89.4 cm³/mol. The number of aryl methyl sites for hydroxylation is 2. The van der Waals surface area contributed by atoms with Gasteiger partial charge in [0.2, 0.25) is 0 Å². The number of alkyl halides is 1. The van der Waals surface area contributed by atoms with Crippen molar-refractivity contribution in [1.29, 1.82) is 0 Å². The molecule has 5 nitrogen and oxygen atoms in total. The van der Waals surface area contributed by atoms with E-state index in [1.54, 1.807) is 6.92 Å². The van der Waals surface area contributed by atoms with Crippen LogP contribution in [-0.2, 0) is 25.9 Å². The standard InChI is InChI=1S/C17H19ClN2O3/c1-17(18)9-20-16(23)13-7-11-5-3-2-4-10(11)6-12(13)15(22)19(20)8-14(17)21/h6-7,14,21H,2-5,8-9H2,1H3/t14-,17-/m0/s1. The van der Waals surface area contributed by atoms with Crippen molar-refractivity contribution in [3.05, 3.63) is 44.0 Å². The first-order chi connectivity index (χ1) is 10.9. The molecule has 1 aliphatic carbocycles. The van der Waals surface area contributed by atoms with Crippen LogP contribution >= 0.6 is 11.6 Å². The van der Waals surface area contributed by atoms with E-state index in [1.807, 2.05) is 12.1 Å². The fraction of sp³-hybridized carbons (Fsp3) is 0.529. The number of aromatic nitrogens is 2. The van der Waals surface area contributed by atoms with E-state index in [-0.39, 0.29) is 24.2 Å². The van der Waals surface area contributed by atoms with Crippen molar-refractivity contribution in [3.63, 3.8) is 0 Å². The Morgan fingerprint density at radius 2 is 1.61 bits per heavy atom. The lowest BCUT2D eigenvalue weighted by Crippen LogP contribution is -2.55. The van der Waals surface area contributed by atoms with Crippen LogP contribution in [0.15, 0.2) is 21.7 Å². The van der Waals surface area contributed by atoms with E-state index in [2.05, 4.69) is 0 Å². The number of fused-ring (bicyclic) bond motifs is 3. The van der Waals surface area contributed by atoms with Gasteiger partial charge in [-0.1, -0.05) is 0 Å². The molecule has 23 heavy (non-hydrogen) atoms. The maximum absolute atomic E-state index is 12.9. The molecule has 0 saturated carbocycles. The van der Waals surface area contributed by atoms with E-state index in [1.165, 1.54) is 20.5 Å². The Kier molecular flexibility index (Phi) is 3.22. The van der Waals surface area contributed by atoms with Crippen molar-refractivity contribution < 1.29 is 5.11 Å². The van der Waals surface area contributed by atoms with Crippen LogP contribution in [0.25, 0.3) is 10.8 Å². The minimum atomic E-state index is -0.946. The van der Waals surface area contributed by atoms with Crippen LogP contribution in [0.1, 0.15) is 30.9 Å². The number of aliphatic hydroxyl groups excluding tert-OH is 1. The van der Waals surface area contributed by atoms with Crippen molar-refractivity contribution in [2.75, 3.05) is 0 Å². The van der Waals surface area contributed by atoms with Crippen LogP contribution in [0, 0.1) is 0 Å². The monoisotopic (exact) mass is 334 g/mol. The molecule has 0 saturated heterocycles. The zero-order valence-electron chi connectivity index (χ0n) is 13.0. The summed E-state index contributed by atoms with van der Waals surface area (Å²) in [5.41, 5.74) is 1.92. The Hall–Kier alpha value is -1.59. The maximum atomic E-state index is 12.9. The highest BCUT2D eigenvalue weighted by molar-refractivity contribution is 6.24. The zero-order chi connectivity index (χ0) is 16.4. The molecule has 0 radical (unpaired) electrons. The average Bonchev–Trinajstić information content (AvgIpc) is 2.53. The highest BCUT2D eigenvalue weighted by Gasteiger charge is 2.37. The number of benzene rings is 1. The Bertz CT molecular complexity index is 926. The van der Waals surface area contributed by atoms with E-state index < -0.39 is 11.0 Å². The van der Waals surface area contributed by atoms with Gasteiger partial charge in [-0.05, 0) is 55.9 Å². The quantitative estimate of drug-likeness (QED) is 0.741. The van der Waals surface area contributed by atoms with Gasteiger partial charge in [0, 0.05) is 0 Å². The molecule has 2 atom stereocenters. The van der Waals surface area contributed by atoms with Crippen molar-refractivity contribution in [2.45, 2.75) is 56.7 Å². The van der Waals surface area contributed by atoms with Gasteiger partial charge in [-0.15, -0.1) is 11.6 Å². The summed E-state index contributed by atoms with van der Waals surface area (Å²) in [4.78, 5) is 24.7. The SMILES string of the molecule is C[C@]1(Cl)Cn2c(=O)c3cc4c(cc3c(=O)n2C[C@@H]1O)CCCC4. The number of nitrogens with zero attached hydrogens (tertiary/aromatic N) is 2. The van der Waals surface area contributed by atoms with E-state index in [0.717, 1.165) is 25.7 Å². The third kappa shape index (κ3) is 2.17. The fourth-order valence-electron chi connectivity index (χ4n) is 3.73. The molecule has 2 aliphatic rings. The largest absolute Gasteiger partial charge is 0.389 e. The lowest BCUT2D eigenvalue weighted by Gasteiger charge is -2.36. The number of aliphatic hydroxyl groups is 1. The van der Waals surface area contributed by atoms with Crippen molar-refractivity contribution in [2.24, 2.45) is 0 Å². The molecule has 1 aromatic heterocycles. The van der Waals surface area contributed by atoms with Crippen LogP contribution in [0.5, 0.6) is 0 Å². The number of hydrogen-bond donors (Lipinski definition) is 1. The van der Waals surface area contributed by atoms with Crippen LogP contribution in [-0.4, -0.2) is 25.4 Å². The van der Waals surface area contributed by atoms with Gasteiger partial charge in [0.25, 0.3) is 11.1 Å². The van der Waals surface area contributed by atoms with Crippen molar-refractivity contribution in [1.82, 2.24) is 9.36 Å². The van der Waals surface area contributed by atoms with Gasteiger partial charge in [-0.2, -0.15) is 0 Å². The van der Waals surface area contributed by atoms with Crippen molar-refractivity contribution >= 4 is 22.4 Å². The normalized spacial score (nSPS) is 26.8. The second-order valence-corrected chi connectivity index (χ2v) is 7.78. The van der Waals surface area contributed by atoms with Crippen LogP contribution in [0.4, 0.5) is 0 Å². The first-order valence-corrected chi connectivity index (χ1v) is 8.43. The minimum absolute atomic E-state index is 0.0428. The van der Waals surface area contributed by atoms with Gasteiger partial charge in [-0.25, -0.2) is 9.36 Å². The molecule has 0 unspecified atom stereocenters. The topological polar surface area (TPSA) is 64.2 Å². The summed E-state index contributed by atoms with van der Waals surface area (Å²) >= 11 is 6.32. The molecular formula is C17H19ClN2O3. The molecule has 1 aliphatic heterocycles. The van der Waals surface area contributed by atoms with Crippen LogP contribution in [0.2, 0.25) is 0 Å². The van der Waals surface area contributed by atoms with Gasteiger partial charge in [0.05, 0.1) is 34.8 Å². The maximum Gasteiger partial charge on any atom is 0.273 e. The van der Waals surface area contributed by atoms with Crippen molar-refractivity contribution in [3.8, 4) is 0 Å². The molecule has 2 aromatic rings. The molecule has 1 N–H and O–H groups in total. The predicted octanol–water partition coefficient (Wildman–Crippen LogP) is 1.41. The van der Waals surface area contributed by atoms with E-state index in [9.17, 15) is 14.7 Å². The molecule has 122 valence electrons. The molecule has 0 bridgehead atoms. The smallest absolute Gasteiger partial charge is 0.273 e. The minimum Gasteiger partial charge on any atom is -0.389 e. The molecule has 6 heteroatoms. The molecule has 0 fully saturated rings. The summed E-state index contributed by atoms with van der Waals surface area (Å²) in [7, 11) is 0. The molecule has 2 heterocycles. The van der Waals surface area contributed by atoms with Gasteiger partial charge in [0.1, 0.15) is 0 Å². The van der Waals surface area contributed by atoms with E-state index in [0.29, 0.717) is 10.8 Å². The lowest BCUT2D eigenvalue weighted by molar-refractivity contribution is 0.0611. The molecule has 1 aromatic carbocycles. The summed E-state index contributed by atoms with van der Waals surface area (Å²) < 4.78 is 2.73. The summed E-state index contributed by atoms with van der Waals surface area (Å²) in [6.45, 7) is 1.86. The number of hydrogen-bond acceptors (Lipinski definition) is 3. The van der Waals surface area contributed by atoms with Gasteiger partial charge >= 0.3 is 0 Å². The molecule has 0 amide bonds. The van der Waals surface area contributed by atoms with Gasteiger partial charge in [0.15, 0.2) is 0 Å². The Labute approximate surface area is 138 Å². The van der Waals surface area contributed by atoms with Crippen LogP contribution in [0.3, 0.4) is 0 Å². The first-order valence-electron chi connectivity index (χ1n) is 8.05. The summed E-state index contributed by atoms with van der Waals surface area (Å²) in [5.74, 6) is 0. The zero-order valence-corrected chi connectivity index (χ0v) is 13.8. The first kappa shape index (κ1) is 15.0. The summed E-state index contributed by atoms with van der Waals surface area (Å²) in [6, 6.07) is 3.76.